The summed E-state index contributed by atoms with van der Waals surface area (Å²) in [5.74, 6) is 0. The fourth-order valence-corrected chi connectivity index (χ4v) is 6.00. The molecule has 0 aromatic heterocycles. The molecule has 0 fully saturated rings. The zero-order valence-electron chi connectivity index (χ0n) is 20.2. The lowest BCUT2D eigenvalue weighted by Crippen LogP contribution is -2.25. The van der Waals surface area contributed by atoms with Crippen molar-refractivity contribution >= 4 is 22.2 Å². The summed E-state index contributed by atoms with van der Waals surface area (Å²) in [5.41, 5.74) is 6.45. The first-order valence-corrected chi connectivity index (χ1v) is 13.9. The SMILES string of the molecule is CCCCCCCCC1(CCCCCCCC)c2cc(Br)ccc2-c2ccc(C=O)cc21. The minimum Gasteiger partial charge on any atom is -0.298 e. The highest BCUT2D eigenvalue weighted by molar-refractivity contribution is 9.10. The third-order valence-electron chi connectivity index (χ3n) is 7.40. The minimum absolute atomic E-state index is 0.0446. The van der Waals surface area contributed by atoms with Gasteiger partial charge in [0.15, 0.2) is 0 Å². The first kappa shape index (κ1) is 25.2. The van der Waals surface area contributed by atoms with Gasteiger partial charge >= 0.3 is 0 Å². The normalized spacial score (nSPS) is 13.7. The van der Waals surface area contributed by atoms with E-state index in [0.717, 1.165) is 16.3 Å². The fraction of sp³-hybridized carbons (Fsp3) is 0.567. The number of fused-ring (bicyclic) bond motifs is 3. The van der Waals surface area contributed by atoms with Gasteiger partial charge in [-0.15, -0.1) is 0 Å². The van der Waals surface area contributed by atoms with Gasteiger partial charge in [0, 0.05) is 15.5 Å². The van der Waals surface area contributed by atoms with Crippen LogP contribution in [0, 0.1) is 0 Å². The number of halogens is 1. The maximum atomic E-state index is 11.7. The summed E-state index contributed by atoms with van der Waals surface area (Å²) in [6, 6.07) is 13.2. The molecule has 3 rings (SSSR count). The van der Waals surface area contributed by atoms with Crippen molar-refractivity contribution in [1.29, 1.82) is 0 Å². The lowest BCUT2D eigenvalue weighted by molar-refractivity contribution is 0.112. The molecule has 0 saturated carbocycles. The molecular formula is C30H41BrO. The lowest BCUT2D eigenvalue weighted by atomic mass is 9.70. The van der Waals surface area contributed by atoms with Gasteiger partial charge in [0.05, 0.1) is 0 Å². The van der Waals surface area contributed by atoms with Crippen molar-refractivity contribution in [1.82, 2.24) is 0 Å². The van der Waals surface area contributed by atoms with Crippen LogP contribution in [-0.4, -0.2) is 6.29 Å². The second-order valence-corrected chi connectivity index (χ2v) is 10.6. The Morgan fingerprint density at radius 2 is 1.19 bits per heavy atom. The number of aldehydes is 1. The summed E-state index contributed by atoms with van der Waals surface area (Å²) in [6.07, 6.45) is 19.2. The molecule has 1 aliphatic carbocycles. The number of carbonyl (C=O) groups excluding carboxylic acids is 1. The highest BCUT2D eigenvalue weighted by Crippen LogP contribution is 2.54. The predicted molar refractivity (Wildman–Crippen MR) is 142 cm³/mol. The van der Waals surface area contributed by atoms with Crippen LogP contribution >= 0.6 is 15.9 Å². The van der Waals surface area contributed by atoms with Gasteiger partial charge in [-0.3, -0.25) is 4.79 Å². The highest BCUT2D eigenvalue weighted by atomic mass is 79.9. The van der Waals surface area contributed by atoms with Crippen LogP contribution in [-0.2, 0) is 5.41 Å². The number of rotatable bonds is 15. The van der Waals surface area contributed by atoms with Crippen LogP contribution in [0.5, 0.6) is 0 Å². The molecule has 0 atom stereocenters. The molecule has 32 heavy (non-hydrogen) atoms. The van der Waals surface area contributed by atoms with Crippen LogP contribution in [0.15, 0.2) is 40.9 Å². The molecule has 0 N–H and O–H groups in total. The van der Waals surface area contributed by atoms with Crippen molar-refractivity contribution in [2.75, 3.05) is 0 Å². The first-order chi connectivity index (χ1) is 15.7. The van der Waals surface area contributed by atoms with Gasteiger partial charge in [-0.2, -0.15) is 0 Å². The Morgan fingerprint density at radius 1 is 0.688 bits per heavy atom. The van der Waals surface area contributed by atoms with Crippen LogP contribution in [0.3, 0.4) is 0 Å². The summed E-state index contributed by atoms with van der Waals surface area (Å²) in [6.45, 7) is 4.56. The first-order valence-electron chi connectivity index (χ1n) is 13.1. The standard InChI is InChI=1S/C30H41BrO/c1-3-5-7-9-11-13-19-30(20-14-12-10-8-6-4-2)28-21-24(23-32)15-17-26(28)27-18-16-25(31)22-29(27)30/h15-18,21-23H,3-14,19-20H2,1-2H3. The molecule has 0 amide bonds. The van der Waals surface area contributed by atoms with E-state index < -0.39 is 0 Å². The Kier molecular flexibility index (Phi) is 10.0. The summed E-state index contributed by atoms with van der Waals surface area (Å²) < 4.78 is 1.16. The van der Waals surface area contributed by atoms with E-state index in [1.165, 1.54) is 112 Å². The van der Waals surface area contributed by atoms with Gasteiger partial charge in [-0.05, 0) is 53.3 Å². The van der Waals surface area contributed by atoms with Crippen molar-refractivity contribution in [2.24, 2.45) is 0 Å². The van der Waals surface area contributed by atoms with E-state index in [4.69, 9.17) is 0 Å². The van der Waals surface area contributed by atoms with E-state index in [9.17, 15) is 4.79 Å². The second-order valence-electron chi connectivity index (χ2n) is 9.73. The van der Waals surface area contributed by atoms with Crippen molar-refractivity contribution in [2.45, 2.75) is 109 Å². The van der Waals surface area contributed by atoms with Crippen LogP contribution < -0.4 is 0 Å². The maximum absolute atomic E-state index is 11.7. The molecule has 0 heterocycles. The van der Waals surface area contributed by atoms with E-state index in [2.05, 4.69) is 60.1 Å². The molecule has 1 aliphatic rings. The molecular weight excluding hydrogens is 456 g/mol. The van der Waals surface area contributed by atoms with Gasteiger partial charge in [-0.1, -0.05) is 125 Å². The number of carbonyl (C=O) groups is 1. The van der Waals surface area contributed by atoms with Crippen LogP contribution in [0.4, 0.5) is 0 Å². The minimum atomic E-state index is 0.0446. The number of hydrogen-bond donors (Lipinski definition) is 0. The van der Waals surface area contributed by atoms with Crippen LogP contribution in [0.2, 0.25) is 0 Å². The van der Waals surface area contributed by atoms with Gasteiger partial charge in [-0.25, -0.2) is 0 Å². The van der Waals surface area contributed by atoms with E-state index in [1.807, 2.05) is 6.07 Å². The number of benzene rings is 2. The smallest absolute Gasteiger partial charge is 0.150 e. The van der Waals surface area contributed by atoms with E-state index >= 15 is 0 Å². The highest BCUT2D eigenvalue weighted by Gasteiger charge is 2.42. The number of hydrogen-bond acceptors (Lipinski definition) is 1. The third-order valence-corrected chi connectivity index (χ3v) is 7.89. The average Bonchev–Trinajstić information content (AvgIpc) is 3.07. The van der Waals surface area contributed by atoms with Crippen LogP contribution in [0.1, 0.15) is 125 Å². The summed E-state index contributed by atoms with van der Waals surface area (Å²) in [7, 11) is 0. The Bertz CT molecular complexity index is 853. The molecule has 0 spiro atoms. The predicted octanol–water partition coefficient (Wildman–Crippen LogP) is 10.0. The molecule has 1 nitrogen and oxygen atoms in total. The molecule has 2 aromatic carbocycles. The summed E-state index contributed by atoms with van der Waals surface area (Å²) in [5, 5.41) is 0. The molecule has 0 bridgehead atoms. The summed E-state index contributed by atoms with van der Waals surface area (Å²) in [4.78, 5) is 11.7. The van der Waals surface area contributed by atoms with E-state index in [0.29, 0.717) is 0 Å². The third kappa shape index (κ3) is 5.93. The van der Waals surface area contributed by atoms with Crippen molar-refractivity contribution in [3.63, 3.8) is 0 Å². The zero-order valence-corrected chi connectivity index (χ0v) is 21.8. The number of unbranched alkanes of at least 4 members (excludes halogenated alkanes) is 10. The van der Waals surface area contributed by atoms with Crippen LogP contribution in [0.25, 0.3) is 11.1 Å². The largest absolute Gasteiger partial charge is 0.298 e. The zero-order chi connectivity index (χ0) is 22.8. The molecule has 0 saturated heterocycles. The van der Waals surface area contributed by atoms with Crippen molar-refractivity contribution in [3.8, 4) is 11.1 Å². The molecule has 0 unspecified atom stereocenters. The lowest BCUT2D eigenvalue weighted by Gasteiger charge is -2.33. The van der Waals surface area contributed by atoms with Crippen molar-refractivity contribution in [3.05, 3.63) is 57.6 Å². The van der Waals surface area contributed by atoms with E-state index in [1.54, 1.807) is 0 Å². The van der Waals surface area contributed by atoms with Crippen molar-refractivity contribution < 1.29 is 4.79 Å². The quantitative estimate of drug-likeness (QED) is 0.177. The maximum Gasteiger partial charge on any atom is 0.150 e. The second kappa shape index (κ2) is 12.7. The Balaban J connectivity index is 1.89. The van der Waals surface area contributed by atoms with Gasteiger partial charge < -0.3 is 0 Å². The molecule has 2 aromatic rings. The molecule has 174 valence electrons. The molecule has 2 heteroatoms. The topological polar surface area (TPSA) is 17.1 Å². The monoisotopic (exact) mass is 496 g/mol. The van der Waals surface area contributed by atoms with Gasteiger partial charge in [0.1, 0.15) is 6.29 Å². The molecule has 0 aliphatic heterocycles. The van der Waals surface area contributed by atoms with Gasteiger partial charge in [0.25, 0.3) is 0 Å². The summed E-state index contributed by atoms with van der Waals surface area (Å²) >= 11 is 3.75. The Morgan fingerprint density at radius 3 is 1.75 bits per heavy atom. The average molecular weight is 498 g/mol. The Hall–Kier alpha value is -1.41. The Labute approximate surface area is 204 Å². The van der Waals surface area contributed by atoms with E-state index in [-0.39, 0.29) is 5.41 Å². The fourth-order valence-electron chi connectivity index (χ4n) is 5.64. The molecule has 0 radical (unpaired) electrons. The van der Waals surface area contributed by atoms with Gasteiger partial charge in [0.2, 0.25) is 0 Å².